The normalized spacial score (nSPS) is 33.1. The molecule has 1 aromatic rings. The zero-order valence-electron chi connectivity index (χ0n) is 16.9. The van der Waals surface area contributed by atoms with Crippen LogP contribution in [-0.2, 0) is 22.4 Å². The summed E-state index contributed by atoms with van der Waals surface area (Å²) in [5, 5.41) is 4.04. The van der Waals surface area contributed by atoms with Crippen LogP contribution in [0.2, 0.25) is 0 Å². The molecule has 0 N–H and O–H groups in total. The molecule has 0 unspecified atom stereocenters. The van der Waals surface area contributed by atoms with Crippen molar-refractivity contribution in [2.75, 3.05) is 53.1 Å². The second-order valence-corrected chi connectivity index (χ2v) is 8.53. The molecule has 3 heterocycles. The Morgan fingerprint density at radius 3 is 2.81 bits per heavy atom. The maximum Gasteiger partial charge on any atom is 0.240 e. The summed E-state index contributed by atoms with van der Waals surface area (Å²) in [4.78, 5) is 9.66. The number of likely N-dealkylation sites (tertiary alicyclic amines) is 1. The third kappa shape index (κ3) is 4.21. The molecule has 7 nitrogen and oxygen atoms in total. The Morgan fingerprint density at radius 2 is 2.07 bits per heavy atom. The maximum atomic E-state index is 5.73. The Morgan fingerprint density at radius 1 is 1.22 bits per heavy atom. The molecule has 4 rings (SSSR count). The number of methoxy groups -OCH3 is 1. The van der Waals surface area contributed by atoms with Crippen molar-refractivity contribution in [3.8, 4) is 0 Å². The molecule has 2 saturated heterocycles. The van der Waals surface area contributed by atoms with E-state index in [0.717, 1.165) is 82.6 Å². The number of hydrogen-bond donors (Lipinski definition) is 0. The second-order valence-electron chi connectivity index (χ2n) is 8.53. The summed E-state index contributed by atoms with van der Waals surface area (Å²) in [5.74, 6) is 2.29. The number of hydrogen-bond acceptors (Lipinski definition) is 7. The van der Waals surface area contributed by atoms with Gasteiger partial charge in [0, 0.05) is 44.6 Å². The average Bonchev–Trinajstić information content (AvgIpc) is 3.16. The van der Waals surface area contributed by atoms with E-state index in [1.807, 2.05) is 7.11 Å². The Labute approximate surface area is 162 Å². The van der Waals surface area contributed by atoms with Gasteiger partial charge < -0.3 is 14.0 Å². The third-order valence-corrected chi connectivity index (χ3v) is 6.91. The molecule has 152 valence electrons. The summed E-state index contributed by atoms with van der Waals surface area (Å²) in [7, 11) is 1.85. The van der Waals surface area contributed by atoms with Gasteiger partial charge in [-0.1, -0.05) is 12.1 Å². The van der Waals surface area contributed by atoms with E-state index in [0.29, 0.717) is 0 Å². The highest BCUT2D eigenvalue weighted by atomic mass is 16.5. The zero-order valence-corrected chi connectivity index (χ0v) is 16.9. The molecule has 3 aliphatic rings. The predicted octanol–water partition coefficient (Wildman–Crippen LogP) is 1.97. The summed E-state index contributed by atoms with van der Waals surface area (Å²) >= 11 is 0. The molecular formula is C20H34N4O3. The van der Waals surface area contributed by atoms with Crippen LogP contribution in [0.25, 0.3) is 0 Å². The Balaban J connectivity index is 1.41. The van der Waals surface area contributed by atoms with Crippen LogP contribution in [0.1, 0.15) is 44.3 Å². The summed E-state index contributed by atoms with van der Waals surface area (Å²) in [6.07, 6.45) is 5.88. The lowest BCUT2D eigenvalue weighted by Gasteiger charge is -2.54. The topological polar surface area (TPSA) is 63.9 Å². The van der Waals surface area contributed by atoms with Gasteiger partial charge in [0.15, 0.2) is 5.82 Å². The summed E-state index contributed by atoms with van der Waals surface area (Å²) < 4.78 is 16.7. The van der Waals surface area contributed by atoms with E-state index in [1.165, 1.54) is 25.7 Å². The van der Waals surface area contributed by atoms with E-state index in [2.05, 4.69) is 26.9 Å². The molecule has 3 fully saturated rings. The van der Waals surface area contributed by atoms with Gasteiger partial charge in [-0.15, -0.1) is 0 Å². The van der Waals surface area contributed by atoms with Gasteiger partial charge in [0.2, 0.25) is 5.89 Å². The van der Waals surface area contributed by atoms with E-state index in [-0.39, 0.29) is 5.41 Å². The number of aromatic nitrogens is 2. The minimum atomic E-state index is 0.267. The molecule has 0 radical (unpaired) electrons. The van der Waals surface area contributed by atoms with Crippen molar-refractivity contribution in [2.45, 2.75) is 51.6 Å². The fraction of sp³-hybridized carbons (Fsp3) is 0.900. The van der Waals surface area contributed by atoms with Gasteiger partial charge in [-0.05, 0) is 38.1 Å². The highest BCUT2D eigenvalue weighted by Gasteiger charge is 2.48. The highest BCUT2D eigenvalue weighted by molar-refractivity contribution is 5.00. The fourth-order valence-corrected chi connectivity index (χ4v) is 5.47. The van der Waals surface area contributed by atoms with Crippen LogP contribution >= 0.6 is 0 Å². The van der Waals surface area contributed by atoms with Crippen molar-refractivity contribution < 1.29 is 14.0 Å². The van der Waals surface area contributed by atoms with Crippen LogP contribution < -0.4 is 0 Å². The number of fused-ring (bicyclic) bond motifs is 1. The molecule has 27 heavy (non-hydrogen) atoms. The van der Waals surface area contributed by atoms with Crippen LogP contribution in [0.5, 0.6) is 0 Å². The number of morpholine rings is 1. The van der Waals surface area contributed by atoms with Crippen molar-refractivity contribution >= 4 is 0 Å². The molecule has 1 saturated carbocycles. The molecule has 3 atom stereocenters. The molecule has 0 aromatic carbocycles. The highest BCUT2D eigenvalue weighted by Crippen LogP contribution is 2.48. The maximum absolute atomic E-state index is 5.73. The smallest absolute Gasteiger partial charge is 0.240 e. The number of aryl methyl sites for hydroxylation is 1. The molecular weight excluding hydrogens is 344 g/mol. The number of ether oxygens (including phenoxy) is 2. The molecule has 2 aliphatic heterocycles. The molecule has 0 bridgehead atoms. The summed E-state index contributed by atoms with van der Waals surface area (Å²) in [6.45, 7) is 9.83. The Bertz CT molecular complexity index is 604. The van der Waals surface area contributed by atoms with Gasteiger partial charge in [0.25, 0.3) is 0 Å². The fourth-order valence-electron chi connectivity index (χ4n) is 5.47. The van der Waals surface area contributed by atoms with E-state index >= 15 is 0 Å². The lowest BCUT2D eigenvalue weighted by atomic mass is 9.62. The Kier molecular flexibility index (Phi) is 6.12. The molecule has 1 aliphatic carbocycles. The average molecular weight is 379 g/mol. The van der Waals surface area contributed by atoms with Crippen molar-refractivity contribution in [2.24, 2.45) is 11.3 Å². The van der Waals surface area contributed by atoms with Crippen molar-refractivity contribution in [3.63, 3.8) is 0 Å². The zero-order chi connectivity index (χ0) is 18.7. The van der Waals surface area contributed by atoms with Crippen LogP contribution in [0.15, 0.2) is 4.52 Å². The standard InChI is InChI=1S/C20H34N4O3/c1-3-18-21-19(27-22-18)13-23-7-5-16-12-17(24-8-10-26-11-9-24)4-6-20(16,14-23)15-25-2/h16-17H,3-15H2,1-2H3/t16-,17-,20+/m1/s1. The van der Waals surface area contributed by atoms with E-state index in [4.69, 9.17) is 14.0 Å². The number of piperidine rings is 1. The van der Waals surface area contributed by atoms with Crippen LogP contribution in [-0.4, -0.2) is 79.1 Å². The SMILES string of the molecule is CCc1noc(CN2CC[C@@H]3C[C@H](N4CCOCC4)CC[C@@]3(COC)C2)n1. The first kappa shape index (κ1) is 19.3. The van der Waals surface area contributed by atoms with Crippen LogP contribution in [0.4, 0.5) is 0 Å². The van der Waals surface area contributed by atoms with Gasteiger partial charge in [-0.3, -0.25) is 9.80 Å². The van der Waals surface area contributed by atoms with Gasteiger partial charge in [-0.25, -0.2) is 0 Å². The number of rotatable bonds is 6. The first-order valence-corrected chi connectivity index (χ1v) is 10.6. The second kappa shape index (κ2) is 8.55. The lowest BCUT2D eigenvalue weighted by Crippen LogP contribution is -2.56. The van der Waals surface area contributed by atoms with E-state index in [1.54, 1.807) is 0 Å². The van der Waals surface area contributed by atoms with Gasteiger partial charge in [-0.2, -0.15) is 4.98 Å². The first-order valence-electron chi connectivity index (χ1n) is 10.6. The van der Waals surface area contributed by atoms with E-state index < -0.39 is 0 Å². The molecule has 7 heteroatoms. The molecule has 0 spiro atoms. The Hall–Kier alpha value is -1.02. The summed E-state index contributed by atoms with van der Waals surface area (Å²) in [5.41, 5.74) is 0.267. The minimum Gasteiger partial charge on any atom is -0.384 e. The quantitative estimate of drug-likeness (QED) is 0.750. The monoisotopic (exact) mass is 378 g/mol. The van der Waals surface area contributed by atoms with Gasteiger partial charge in [0.1, 0.15) is 0 Å². The van der Waals surface area contributed by atoms with Gasteiger partial charge >= 0.3 is 0 Å². The lowest BCUT2D eigenvalue weighted by molar-refractivity contribution is -0.0882. The predicted molar refractivity (Wildman–Crippen MR) is 101 cm³/mol. The third-order valence-electron chi connectivity index (χ3n) is 6.91. The largest absolute Gasteiger partial charge is 0.384 e. The van der Waals surface area contributed by atoms with Crippen molar-refractivity contribution in [3.05, 3.63) is 11.7 Å². The first-order chi connectivity index (χ1) is 13.2. The van der Waals surface area contributed by atoms with Crippen molar-refractivity contribution in [1.29, 1.82) is 0 Å². The van der Waals surface area contributed by atoms with E-state index in [9.17, 15) is 0 Å². The molecule has 1 aromatic heterocycles. The molecule has 0 amide bonds. The van der Waals surface area contributed by atoms with Crippen molar-refractivity contribution in [1.82, 2.24) is 19.9 Å². The van der Waals surface area contributed by atoms with Crippen LogP contribution in [0.3, 0.4) is 0 Å². The minimum absolute atomic E-state index is 0.267. The van der Waals surface area contributed by atoms with Crippen LogP contribution in [0, 0.1) is 11.3 Å². The summed E-state index contributed by atoms with van der Waals surface area (Å²) in [6, 6.07) is 0.721. The number of nitrogens with zero attached hydrogens (tertiary/aromatic N) is 4. The van der Waals surface area contributed by atoms with Gasteiger partial charge in [0.05, 0.1) is 26.4 Å².